The molecular formula is C29H38N3O9PS. The van der Waals surface area contributed by atoms with E-state index < -0.39 is 49.9 Å². The topological polar surface area (TPSA) is 172 Å². The molecule has 0 aliphatic heterocycles. The zero-order valence-corrected chi connectivity index (χ0v) is 25.8. The van der Waals surface area contributed by atoms with Gasteiger partial charge in [0.15, 0.2) is 11.0 Å². The number of ether oxygens (including phenoxy) is 1. The Bertz CT molecular complexity index is 1570. The quantitative estimate of drug-likeness (QED) is 0.104. The molecule has 1 fully saturated rings. The highest BCUT2D eigenvalue weighted by Gasteiger charge is 2.40. The summed E-state index contributed by atoms with van der Waals surface area (Å²) in [6, 6.07) is 12.6. The van der Waals surface area contributed by atoms with Gasteiger partial charge in [0.05, 0.1) is 12.7 Å². The molecule has 2 aromatic carbocycles. The first kappa shape index (κ1) is 33.0. The average Bonchev–Trinajstić information content (AvgIpc) is 2.97. The van der Waals surface area contributed by atoms with Crippen LogP contribution in [-0.4, -0.2) is 61.3 Å². The van der Waals surface area contributed by atoms with Crippen LogP contribution in [0.2, 0.25) is 0 Å². The number of rotatable bonds is 13. The van der Waals surface area contributed by atoms with Crippen molar-refractivity contribution in [2.75, 3.05) is 6.61 Å². The van der Waals surface area contributed by atoms with Gasteiger partial charge in [0.1, 0.15) is 23.5 Å². The van der Waals surface area contributed by atoms with Crippen LogP contribution in [0.1, 0.15) is 58.6 Å². The first-order valence-electron chi connectivity index (χ1n) is 14.2. The predicted octanol–water partition coefficient (Wildman–Crippen LogP) is 4.11. The number of benzene rings is 2. The van der Waals surface area contributed by atoms with E-state index in [0.29, 0.717) is 5.39 Å². The molecule has 14 heteroatoms. The average molecular weight is 636 g/mol. The van der Waals surface area contributed by atoms with Crippen molar-refractivity contribution in [2.45, 2.75) is 82.5 Å². The Morgan fingerprint density at radius 2 is 1.86 bits per heavy atom. The predicted molar refractivity (Wildman–Crippen MR) is 162 cm³/mol. The van der Waals surface area contributed by atoms with E-state index in [0.717, 1.165) is 48.1 Å². The van der Waals surface area contributed by atoms with Crippen molar-refractivity contribution in [3.05, 3.63) is 69.9 Å². The van der Waals surface area contributed by atoms with Crippen LogP contribution in [0.4, 0.5) is 0 Å². The fourth-order valence-electron chi connectivity index (χ4n) is 4.88. The summed E-state index contributed by atoms with van der Waals surface area (Å²) in [5, 5.41) is 36.7. The lowest BCUT2D eigenvalue weighted by molar-refractivity contribution is -0.167. The van der Waals surface area contributed by atoms with Crippen molar-refractivity contribution in [1.82, 2.24) is 14.6 Å². The third-order valence-electron chi connectivity index (χ3n) is 7.47. The normalized spacial score (nSPS) is 19.1. The van der Waals surface area contributed by atoms with Gasteiger partial charge in [-0.2, -0.15) is 5.09 Å². The number of carbonyl (C=O) groups excluding carboxylic acids is 1. The van der Waals surface area contributed by atoms with Gasteiger partial charge in [-0.1, -0.05) is 42.8 Å². The number of H-pyrrole nitrogens is 1. The van der Waals surface area contributed by atoms with E-state index in [1.54, 1.807) is 24.3 Å². The second-order valence-electron chi connectivity index (χ2n) is 10.9. The molecule has 0 amide bonds. The number of esters is 1. The van der Waals surface area contributed by atoms with Crippen molar-refractivity contribution in [3.63, 3.8) is 0 Å². The molecule has 5 atom stereocenters. The van der Waals surface area contributed by atoms with Crippen LogP contribution < -0.4 is 15.2 Å². The van der Waals surface area contributed by atoms with Gasteiger partial charge in [-0.15, -0.1) is 0 Å². The highest BCUT2D eigenvalue weighted by Crippen LogP contribution is 2.47. The fraction of sp³-hybridized carbons (Fsp3) is 0.483. The van der Waals surface area contributed by atoms with E-state index >= 15 is 0 Å². The third-order valence-corrected chi connectivity index (χ3v) is 9.45. The Hall–Kier alpha value is -2.90. The first-order chi connectivity index (χ1) is 20.4. The minimum atomic E-state index is -4.28. The summed E-state index contributed by atoms with van der Waals surface area (Å²) in [6.45, 7) is 2.28. The summed E-state index contributed by atoms with van der Waals surface area (Å²) in [5.74, 6) is -0.349. The van der Waals surface area contributed by atoms with Crippen LogP contribution >= 0.6 is 20.0 Å². The van der Waals surface area contributed by atoms with Crippen molar-refractivity contribution >= 4 is 36.7 Å². The summed E-state index contributed by atoms with van der Waals surface area (Å²) in [5.41, 5.74) is -2.65. The Kier molecular flexibility index (Phi) is 10.9. The summed E-state index contributed by atoms with van der Waals surface area (Å²) in [4.78, 5) is 26.7. The maximum Gasteiger partial charge on any atom is 0.459 e. The van der Waals surface area contributed by atoms with Gasteiger partial charge >= 0.3 is 13.7 Å². The number of aromatic nitrogens is 2. The molecule has 0 radical (unpaired) electrons. The standard InChI is InChI=1S/C29H38N3O9PS/c1-19(26(35)40-21-11-4-3-5-12-21)31-42(38,41-23-14-8-10-20-9-6-7-13-22(20)23)39-18-16-24(33)29(2,37)27(36)32-17-15-25(34)30-28(32)43/h6-10,13-15,17,19,21,24,27,33,36-37H,3-5,11-12,16,18H2,1-2H3,(H,31,38)(H,30,34,43)/t19-,24?,27+,29+,42?/m0/s1. The summed E-state index contributed by atoms with van der Waals surface area (Å²) in [7, 11) is -4.28. The largest absolute Gasteiger partial charge is 0.461 e. The van der Waals surface area contributed by atoms with E-state index in [4.69, 9.17) is 26.0 Å². The number of fused-ring (bicyclic) bond motifs is 1. The van der Waals surface area contributed by atoms with E-state index in [9.17, 15) is 29.5 Å². The van der Waals surface area contributed by atoms with Gasteiger partial charge in [-0.25, -0.2) is 4.57 Å². The van der Waals surface area contributed by atoms with Gasteiger partial charge < -0.3 is 24.6 Å². The summed E-state index contributed by atoms with van der Waals surface area (Å²) >= 11 is 5.05. The Balaban J connectivity index is 1.49. The lowest BCUT2D eigenvalue weighted by Crippen LogP contribution is -2.48. The maximum absolute atomic E-state index is 14.1. The second-order valence-corrected chi connectivity index (χ2v) is 12.9. The highest BCUT2D eigenvalue weighted by atomic mass is 32.1. The molecule has 1 aromatic heterocycles. The van der Waals surface area contributed by atoms with Crippen LogP contribution in [-0.2, 0) is 18.6 Å². The van der Waals surface area contributed by atoms with Crippen molar-refractivity contribution < 1.29 is 38.5 Å². The molecule has 1 aliphatic carbocycles. The maximum atomic E-state index is 14.1. The first-order valence-corrected chi connectivity index (χ1v) is 16.1. The molecule has 1 aliphatic rings. The van der Waals surface area contributed by atoms with E-state index in [1.165, 1.54) is 20.0 Å². The number of aromatic amines is 1. The molecule has 3 aromatic rings. The number of aliphatic hydroxyl groups is 3. The lowest BCUT2D eigenvalue weighted by atomic mass is 9.94. The summed E-state index contributed by atoms with van der Waals surface area (Å²) < 4.78 is 32.2. The van der Waals surface area contributed by atoms with Crippen LogP contribution in [0.3, 0.4) is 0 Å². The van der Waals surface area contributed by atoms with Gasteiger partial charge in [0.2, 0.25) is 0 Å². The van der Waals surface area contributed by atoms with Crippen LogP contribution in [0.25, 0.3) is 10.8 Å². The number of aliphatic hydroxyl groups excluding tert-OH is 2. The van der Waals surface area contributed by atoms with Crippen LogP contribution in [0.15, 0.2) is 59.5 Å². The monoisotopic (exact) mass is 635 g/mol. The third kappa shape index (κ3) is 8.39. The minimum absolute atomic E-state index is 0.157. The molecule has 234 valence electrons. The second kappa shape index (κ2) is 14.3. The number of nitrogens with one attached hydrogen (secondary N) is 2. The minimum Gasteiger partial charge on any atom is -0.461 e. The highest BCUT2D eigenvalue weighted by molar-refractivity contribution is 7.71. The van der Waals surface area contributed by atoms with E-state index in [-0.39, 0.29) is 23.0 Å². The molecule has 0 bridgehead atoms. The molecule has 12 nitrogen and oxygen atoms in total. The molecule has 4 rings (SSSR count). The van der Waals surface area contributed by atoms with Gasteiger partial charge in [-0.3, -0.25) is 23.7 Å². The Morgan fingerprint density at radius 1 is 1.16 bits per heavy atom. The molecule has 1 heterocycles. The van der Waals surface area contributed by atoms with Crippen molar-refractivity contribution in [3.8, 4) is 5.75 Å². The zero-order chi connectivity index (χ0) is 31.2. The number of carbonyl (C=O) groups is 1. The van der Waals surface area contributed by atoms with Gasteiger partial charge in [0, 0.05) is 24.1 Å². The van der Waals surface area contributed by atoms with Crippen LogP contribution in [0.5, 0.6) is 5.75 Å². The number of hydrogen-bond donors (Lipinski definition) is 5. The molecule has 0 spiro atoms. The summed E-state index contributed by atoms with van der Waals surface area (Å²) in [6.07, 6.45) is 1.93. The molecule has 5 N–H and O–H groups in total. The van der Waals surface area contributed by atoms with E-state index in [2.05, 4.69) is 10.1 Å². The number of hydrogen-bond acceptors (Lipinski definition) is 10. The lowest BCUT2D eigenvalue weighted by Gasteiger charge is -2.34. The van der Waals surface area contributed by atoms with E-state index in [1.807, 2.05) is 18.2 Å². The van der Waals surface area contributed by atoms with Crippen molar-refractivity contribution in [2.24, 2.45) is 0 Å². The molecule has 0 saturated heterocycles. The van der Waals surface area contributed by atoms with Crippen LogP contribution in [0, 0.1) is 4.77 Å². The smallest absolute Gasteiger partial charge is 0.459 e. The molecule has 1 saturated carbocycles. The van der Waals surface area contributed by atoms with Gasteiger partial charge in [-0.05, 0) is 63.2 Å². The van der Waals surface area contributed by atoms with Gasteiger partial charge in [0.25, 0.3) is 5.56 Å². The van der Waals surface area contributed by atoms with Crippen molar-refractivity contribution in [1.29, 1.82) is 0 Å². The SMILES string of the molecule is C[C@H](NP(=O)(OCCC(O)[C@@](C)(O)[C@@H](O)n1ccc(=O)[nH]c1=S)Oc1cccc2ccccc12)C(=O)OC1CCCCC1. The fourth-order valence-corrected chi connectivity index (χ4v) is 6.67. The Morgan fingerprint density at radius 3 is 2.58 bits per heavy atom. The molecular weight excluding hydrogens is 597 g/mol. The molecule has 2 unspecified atom stereocenters. The number of nitrogens with zero attached hydrogens (tertiary/aromatic N) is 1. The Labute approximate surface area is 254 Å². The zero-order valence-electron chi connectivity index (χ0n) is 24.0. The molecule has 43 heavy (non-hydrogen) atoms.